The molecule has 0 saturated heterocycles. The Morgan fingerprint density at radius 2 is 2.10 bits per heavy atom. The first-order chi connectivity index (χ1) is 9.52. The molecular formula is C13H17NO5S. The average molecular weight is 299 g/mol. The maximum Gasteiger partial charge on any atom is 0.269 e. The number of nitro groups is 1. The zero-order valence-electron chi connectivity index (χ0n) is 11.2. The summed E-state index contributed by atoms with van der Waals surface area (Å²) in [6, 6.07) is 5.75. The van der Waals surface area contributed by atoms with Gasteiger partial charge in [0, 0.05) is 30.7 Å². The number of thioether (sulfide) groups is 1. The van der Waals surface area contributed by atoms with E-state index in [0.29, 0.717) is 31.0 Å². The van der Waals surface area contributed by atoms with Crippen LogP contribution < -0.4 is 4.74 Å². The van der Waals surface area contributed by atoms with Crippen LogP contribution >= 0.6 is 11.8 Å². The number of ether oxygens (including phenoxy) is 1. The Morgan fingerprint density at radius 3 is 2.65 bits per heavy atom. The minimum atomic E-state index is -0.603. The zero-order valence-corrected chi connectivity index (χ0v) is 12.0. The smallest absolute Gasteiger partial charge is 0.269 e. The van der Waals surface area contributed by atoms with E-state index in [4.69, 9.17) is 4.74 Å². The summed E-state index contributed by atoms with van der Waals surface area (Å²) in [5, 5.41) is 20.2. The summed E-state index contributed by atoms with van der Waals surface area (Å²) in [7, 11) is 0. The lowest BCUT2D eigenvalue weighted by atomic mass is 10.3. The first-order valence-corrected chi connectivity index (χ1v) is 7.22. The molecule has 1 atom stereocenters. The van der Waals surface area contributed by atoms with E-state index in [1.54, 1.807) is 6.92 Å². The molecule has 0 aliphatic heterocycles. The van der Waals surface area contributed by atoms with Crippen molar-refractivity contribution in [3.8, 4) is 5.75 Å². The minimum absolute atomic E-state index is 0.00635. The molecule has 110 valence electrons. The van der Waals surface area contributed by atoms with Gasteiger partial charge < -0.3 is 9.84 Å². The molecule has 1 aromatic carbocycles. The van der Waals surface area contributed by atoms with Gasteiger partial charge in [-0.05, 0) is 12.1 Å². The van der Waals surface area contributed by atoms with Crippen molar-refractivity contribution in [2.75, 3.05) is 12.4 Å². The number of aliphatic hydroxyl groups excluding tert-OH is 1. The van der Waals surface area contributed by atoms with E-state index in [2.05, 4.69) is 0 Å². The molecule has 0 heterocycles. The highest BCUT2D eigenvalue weighted by Crippen LogP contribution is 2.17. The van der Waals surface area contributed by atoms with Gasteiger partial charge >= 0.3 is 0 Å². The number of carbonyl (C=O) groups excluding carboxylic acids is 1. The summed E-state index contributed by atoms with van der Waals surface area (Å²) in [5.41, 5.74) is 0.00635. The van der Waals surface area contributed by atoms with Crippen molar-refractivity contribution in [3.63, 3.8) is 0 Å². The molecule has 20 heavy (non-hydrogen) atoms. The van der Waals surface area contributed by atoms with Gasteiger partial charge in [-0.3, -0.25) is 14.9 Å². The summed E-state index contributed by atoms with van der Waals surface area (Å²) in [6.07, 6.45) is 0.256. The fourth-order valence-corrected chi connectivity index (χ4v) is 2.10. The SMILES string of the molecule is CCC(=O)SCC(O)CCOc1ccc([N+](=O)[O-])cc1. The van der Waals surface area contributed by atoms with E-state index >= 15 is 0 Å². The van der Waals surface area contributed by atoms with E-state index in [0.717, 1.165) is 11.8 Å². The van der Waals surface area contributed by atoms with Gasteiger partial charge in [0.05, 0.1) is 17.6 Å². The van der Waals surface area contributed by atoms with Gasteiger partial charge in [-0.1, -0.05) is 18.7 Å². The van der Waals surface area contributed by atoms with Crippen molar-refractivity contribution in [2.24, 2.45) is 0 Å². The molecule has 0 aromatic heterocycles. The molecule has 0 fully saturated rings. The third-order valence-corrected chi connectivity index (χ3v) is 3.65. The van der Waals surface area contributed by atoms with Crippen LogP contribution in [-0.4, -0.2) is 33.6 Å². The van der Waals surface area contributed by atoms with Crippen LogP contribution in [0.15, 0.2) is 24.3 Å². The molecule has 1 unspecified atom stereocenters. The number of hydrogen-bond donors (Lipinski definition) is 1. The monoisotopic (exact) mass is 299 g/mol. The lowest BCUT2D eigenvalue weighted by Crippen LogP contribution is -2.15. The van der Waals surface area contributed by atoms with Crippen molar-refractivity contribution in [2.45, 2.75) is 25.9 Å². The third kappa shape index (κ3) is 6.03. The van der Waals surface area contributed by atoms with Gasteiger partial charge in [-0.15, -0.1) is 0 Å². The fourth-order valence-electron chi connectivity index (χ4n) is 1.35. The third-order valence-electron chi connectivity index (χ3n) is 2.49. The molecule has 0 aliphatic rings. The molecule has 0 radical (unpaired) electrons. The van der Waals surface area contributed by atoms with Crippen LogP contribution in [0.3, 0.4) is 0 Å². The van der Waals surface area contributed by atoms with Gasteiger partial charge in [0.1, 0.15) is 5.75 Å². The number of nitro benzene ring substituents is 1. The molecule has 6 nitrogen and oxygen atoms in total. The van der Waals surface area contributed by atoms with E-state index < -0.39 is 11.0 Å². The summed E-state index contributed by atoms with van der Waals surface area (Å²) >= 11 is 1.12. The second-order valence-electron chi connectivity index (χ2n) is 4.08. The van der Waals surface area contributed by atoms with Crippen LogP contribution in [0.5, 0.6) is 5.75 Å². The number of rotatable bonds is 8. The second-order valence-corrected chi connectivity index (χ2v) is 5.16. The van der Waals surface area contributed by atoms with Gasteiger partial charge in [0.15, 0.2) is 5.12 Å². The molecule has 1 N–H and O–H groups in total. The molecule has 0 spiro atoms. The summed E-state index contributed by atoms with van der Waals surface area (Å²) in [4.78, 5) is 21.1. The first-order valence-electron chi connectivity index (χ1n) is 6.24. The van der Waals surface area contributed by atoms with E-state index in [1.165, 1.54) is 24.3 Å². The largest absolute Gasteiger partial charge is 0.493 e. The predicted octanol–water partition coefficient (Wildman–Crippen LogP) is 2.39. The highest BCUT2D eigenvalue weighted by atomic mass is 32.2. The summed E-state index contributed by atoms with van der Waals surface area (Å²) in [6.45, 7) is 2.07. The van der Waals surface area contributed by atoms with Crippen molar-refractivity contribution >= 4 is 22.6 Å². The van der Waals surface area contributed by atoms with E-state index in [9.17, 15) is 20.0 Å². The quantitative estimate of drug-likeness (QED) is 0.585. The number of carbonyl (C=O) groups is 1. The number of aliphatic hydroxyl groups is 1. The minimum Gasteiger partial charge on any atom is -0.493 e. The highest BCUT2D eigenvalue weighted by Gasteiger charge is 2.09. The van der Waals surface area contributed by atoms with Crippen molar-refractivity contribution in [3.05, 3.63) is 34.4 Å². The van der Waals surface area contributed by atoms with Gasteiger partial charge in [0.25, 0.3) is 5.69 Å². The Hall–Kier alpha value is -1.60. The van der Waals surface area contributed by atoms with Crippen LogP contribution in [0.2, 0.25) is 0 Å². The molecule has 0 amide bonds. The normalized spacial score (nSPS) is 11.9. The molecule has 1 rings (SSSR count). The molecule has 0 aliphatic carbocycles. The van der Waals surface area contributed by atoms with Crippen molar-refractivity contribution in [1.29, 1.82) is 0 Å². The van der Waals surface area contributed by atoms with Gasteiger partial charge in [0.2, 0.25) is 0 Å². The number of non-ortho nitro benzene ring substituents is 1. The van der Waals surface area contributed by atoms with E-state index in [1.807, 2.05) is 0 Å². The summed E-state index contributed by atoms with van der Waals surface area (Å²) in [5.74, 6) is 0.871. The van der Waals surface area contributed by atoms with E-state index in [-0.39, 0.29) is 10.8 Å². The van der Waals surface area contributed by atoms with Crippen LogP contribution in [0.1, 0.15) is 19.8 Å². The molecule has 7 heteroatoms. The standard InChI is InChI=1S/C13H17NO5S/c1-2-13(16)20-9-11(15)7-8-19-12-5-3-10(4-6-12)14(17)18/h3-6,11,15H,2,7-9H2,1H3. The van der Waals surface area contributed by atoms with Crippen molar-refractivity contribution in [1.82, 2.24) is 0 Å². The zero-order chi connectivity index (χ0) is 15.0. The number of nitrogens with zero attached hydrogens (tertiary/aromatic N) is 1. The Balaban J connectivity index is 2.26. The molecule has 0 bridgehead atoms. The van der Waals surface area contributed by atoms with Crippen LogP contribution in [0.25, 0.3) is 0 Å². The molecule has 1 aromatic rings. The molecule has 0 saturated carbocycles. The maximum atomic E-state index is 11.1. The van der Waals surface area contributed by atoms with Crippen LogP contribution in [-0.2, 0) is 4.79 Å². The van der Waals surface area contributed by atoms with Crippen LogP contribution in [0.4, 0.5) is 5.69 Å². The Bertz CT molecular complexity index is 449. The summed E-state index contributed by atoms with van der Waals surface area (Å²) < 4.78 is 5.37. The Morgan fingerprint density at radius 1 is 1.45 bits per heavy atom. The number of hydrogen-bond acceptors (Lipinski definition) is 6. The lowest BCUT2D eigenvalue weighted by molar-refractivity contribution is -0.384. The average Bonchev–Trinajstić information content (AvgIpc) is 2.45. The maximum absolute atomic E-state index is 11.1. The van der Waals surface area contributed by atoms with Gasteiger partial charge in [-0.2, -0.15) is 0 Å². The first kappa shape index (κ1) is 16.5. The predicted molar refractivity (Wildman–Crippen MR) is 77.0 cm³/mol. The Labute approximate surface area is 121 Å². The molecular weight excluding hydrogens is 282 g/mol. The fraction of sp³-hybridized carbons (Fsp3) is 0.462. The topological polar surface area (TPSA) is 89.7 Å². The number of benzene rings is 1. The lowest BCUT2D eigenvalue weighted by Gasteiger charge is -2.10. The van der Waals surface area contributed by atoms with Crippen LogP contribution in [0, 0.1) is 10.1 Å². The highest BCUT2D eigenvalue weighted by molar-refractivity contribution is 8.13. The van der Waals surface area contributed by atoms with Crippen molar-refractivity contribution < 1.29 is 19.6 Å². The second kappa shape index (κ2) is 8.55. The Kier molecular flexibility index (Phi) is 7.03. The van der Waals surface area contributed by atoms with Gasteiger partial charge in [-0.25, -0.2) is 0 Å².